The molecule has 0 atom stereocenters. The highest BCUT2D eigenvalue weighted by Crippen LogP contribution is 2.34. The lowest BCUT2D eigenvalue weighted by Crippen LogP contribution is -2.37. The fraction of sp³-hybridized carbons (Fsp3) is 0.267. The molecule has 0 aliphatic rings. The average Bonchev–Trinajstić information content (AvgIpc) is 3.40. The van der Waals surface area contributed by atoms with Gasteiger partial charge in [0.15, 0.2) is 0 Å². The second kappa shape index (κ2) is 12.3. The molecular weight excluding hydrogens is 480 g/mol. The van der Waals surface area contributed by atoms with E-state index in [-0.39, 0.29) is 5.91 Å². The molecule has 0 N–H and O–H groups in total. The van der Waals surface area contributed by atoms with Gasteiger partial charge in [0, 0.05) is 31.3 Å². The maximum Gasteiger partial charge on any atom is 0.272 e. The Labute approximate surface area is 224 Å². The van der Waals surface area contributed by atoms with E-state index in [4.69, 9.17) is 19.3 Å². The minimum atomic E-state index is -0.113. The minimum absolute atomic E-state index is 0.113. The summed E-state index contributed by atoms with van der Waals surface area (Å²) in [5, 5.41) is 4.87. The van der Waals surface area contributed by atoms with E-state index in [1.165, 1.54) is 0 Å². The van der Waals surface area contributed by atoms with Crippen LogP contribution >= 0.6 is 0 Å². The van der Waals surface area contributed by atoms with Crippen molar-refractivity contribution in [3.05, 3.63) is 90.1 Å². The quantitative estimate of drug-likeness (QED) is 0.287. The van der Waals surface area contributed by atoms with E-state index < -0.39 is 0 Å². The Bertz CT molecular complexity index is 1350. The molecule has 0 saturated carbocycles. The summed E-state index contributed by atoms with van der Waals surface area (Å²) in [5.41, 5.74) is 3.65. The predicted molar refractivity (Wildman–Crippen MR) is 148 cm³/mol. The molecule has 0 unspecified atom stereocenters. The molecule has 0 fully saturated rings. The molecular formula is C30H34N4O4. The van der Waals surface area contributed by atoms with Crippen LogP contribution in [0, 0.1) is 0 Å². The summed E-state index contributed by atoms with van der Waals surface area (Å²) in [6.45, 7) is 1.78. The molecule has 1 aromatic heterocycles. The zero-order valence-electron chi connectivity index (χ0n) is 22.5. The summed E-state index contributed by atoms with van der Waals surface area (Å²) in [4.78, 5) is 18.1. The lowest BCUT2D eigenvalue weighted by Gasteiger charge is -2.25. The van der Waals surface area contributed by atoms with Crippen LogP contribution in [-0.4, -0.2) is 74.0 Å². The van der Waals surface area contributed by atoms with Gasteiger partial charge in [-0.15, -0.1) is 0 Å². The van der Waals surface area contributed by atoms with Crippen LogP contribution in [0.1, 0.15) is 16.1 Å². The molecule has 3 aromatic carbocycles. The second-order valence-corrected chi connectivity index (χ2v) is 9.11. The van der Waals surface area contributed by atoms with E-state index in [9.17, 15) is 4.79 Å². The van der Waals surface area contributed by atoms with Crippen molar-refractivity contribution in [2.75, 3.05) is 48.5 Å². The van der Waals surface area contributed by atoms with Crippen molar-refractivity contribution in [3.8, 4) is 34.2 Å². The number of amides is 1. The molecule has 1 heterocycles. The first-order valence-corrected chi connectivity index (χ1v) is 12.4. The molecule has 0 aliphatic carbocycles. The van der Waals surface area contributed by atoms with Gasteiger partial charge in [0.25, 0.3) is 5.91 Å². The number of hydrogen-bond donors (Lipinski definition) is 0. The maximum absolute atomic E-state index is 14.1. The van der Waals surface area contributed by atoms with E-state index >= 15 is 0 Å². The molecule has 198 valence electrons. The number of methoxy groups -OCH3 is 3. The third-order valence-corrected chi connectivity index (χ3v) is 6.25. The summed E-state index contributed by atoms with van der Waals surface area (Å²) in [5.74, 6) is 1.89. The standard InChI is InChI=1S/C30H34N4O4/c1-32(2)17-18-33(21-22-9-7-6-8-10-22)30(35)28-20-27(26-16-15-25(37-4)19-29(26)38-5)31-34(28)23-11-13-24(36-3)14-12-23/h6-16,19-20H,17-18,21H2,1-5H3. The number of aromatic nitrogens is 2. The van der Waals surface area contributed by atoms with E-state index in [0.717, 1.165) is 29.1 Å². The van der Waals surface area contributed by atoms with Crippen LogP contribution in [0.5, 0.6) is 17.2 Å². The van der Waals surface area contributed by atoms with Gasteiger partial charge in [0.2, 0.25) is 0 Å². The molecule has 1 amide bonds. The Morgan fingerprint density at radius 2 is 1.50 bits per heavy atom. The summed E-state index contributed by atoms with van der Waals surface area (Å²) in [6, 6.07) is 24.9. The first-order valence-electron chi connectivity index (χ1n) is 12.4. The van der Waals surface area contributed by atoms with Gasteiger partial charge in [-0.2, -0.15) is 5.10 Å². The van der Waals surface area contributed by atoms with E-state index in [2.05, 4.69) is 4.90 Å². The smallest absolute Gasteiger partial charge is 0.272 e. The van der Waals surface area contributed by atoms with E-state index in [0.29, 0.717) is 36.0 Å². The van der Waals surface area contributed by atoms with Gasteiger partial charge in [-0.25, -0.2) is 4.68 Å². The first-order chi connectivity index (χ1) is 18.4. The van der Waals surface area contributed by atoms with Crippen LogP contribution in [0.4, 0.5) is 0 Å². The van der Waals surface area contributed by atoms with Gasteiger partial charge in [0.05, 0.1) is 32.7 Å². The number of carbonyl (C=O) groups is 1. The molecule has 4 aromatic rings. The first kappa shape index (κ1) is 26.8. The van der Waals surface area contributed by atoms with Crippen LogP contribution in [-0.2, 0) is 6.54 Å². The van der Waals surface area contributed by atoms with Crippen LogP contribution in [0.25, 0.3) is 16.9 Å². The maximum atomic E-state index is 14.1. The molecule has 8 nitrogen and oxygen atoms in total. The summed E-state index contributed by atoms with van der Waals surface area (Å²) >= 11 is 0. The van der Waals surface area contributed by atoms with Crippen molar-refractivity contribution >= 4 is 5.91 Å². The van der Waals surface area contributed by atoms with Crippen LogP contribution in [0.2, 0.25) is 0 Å². The van der Waals surface area contributed by atoms with Gasteiger partial charge < -0.3 is 24.0 Å². The van der Waals surface area contributed by atoms with Gasteiger partial charge in [-0.3, -0.25) is 4.79 Å². The number of benzene rings is 3. The van der Waals surface area contributed by atoms with Crippen LogP contribution < -0.4 is 14.2 Å². The Balaban J connectivity index is 1.81. The van der Waals surface area contributed by atoms with Gasteiger partial charge in [0.1, 0.15) is 22.9 Å². The Morgan fingerprint density at radius 3 is 2.13 bits per heavy atom. The molecule has 0 spiro atoms. The molecule has 0 saturated heterocycles. The highest BCUT2D eigenvalue weighted by Gasteiger charge is 2.24. The van der Waals surface area contributed by atoms with Crippen LogP contribution in [0.15, 0.2) is 78.9 Å². The number of carbonyl (C=O) groups excluding carboxylic acids is 1. The number of rotatable bonds is 11. The topological polar surface area (TPSA) is 69.1 Å². The van der Waals surface area contributed by atoms with Gasteiger partial charge in [-0.05, 0) is 62.1 Å². The van der Waals surface area contributed by atoms with E-state index in [1.54, 1.807) is 26.0 Å². The molecule has 0 aliphatic heterocycles. The lowest BCUT2D eigenvalue weighted by atomic mass is 10.1. The number of ether oxygens (including phenoxy) is 3. The molecule has 0 radical (unpaired) electrons. The molecule has 38 heavy (non-hydrogen) atoms. The number of nitrogens with zero attached hydrogens (tertiary/aromatic N) is 4. The average molecular weight is 515 g/mol. The lowest BCUT2D eigenvalue weighted by molar-refractivity contribution is 0.0722. The van der Waals surface area contributed by atoms with Crippen LogP contribution in [0.3, 0.4) is 0 Å². The van der Waals surface area contributed by atoms with Gasteiger partial charge in [-0.1, -0.05) is 30.3 Å². The molecule has 8 heteroatoms. The third-order valence-electron chi connectivity index (χ3n) is 6.25. The van der Waals surface area contributed by atoms with Crippen molar-refractivity contribution in [2.45, 2.75) is 6.54 Å². The van der Waals surface area contributed by atoms with Crippen molar-refractivity contribution in [1.29, 1.82) is 0 Å². The Hall–Kier alpha value is -4.30. The monoisotopic (exact) mass is 514 g/mol. The second-order valence-electron chi connectivity index (χ2n) is 9.11. The molecule has 4 rings (SSSR count). The highest BCUT2D eigenvalue weighted by atomic mass is 16.5. The summed E-state index contributed by atoms with van der Waals surface area (Å²) in [7, 11) is 8.84. The largest absolute Gasteiger partial charge is 0.497 e. The zero-order chi connectivity index (χ0) is 27.1. The van der Waals surface area contributed by atoms with E-state index in [1.807, 2.05) is 97.9 Å². The minimum Gasteiger partial charge on any atom is -0.497 e. The fourth-order valence-corrected chi connectivity index (χ4v) is 4.13. The summed E-state index contributed by atoms with van der Waals surface area (Å²) < 4.78 is 18.0. The number of hydrogen-bond acceptors (Lipinski definition) is 6. The zero-order valence-corrected chi connectivity index (χ0v) is 22.5. The SMILES string of the molecule is COc1ccc(-n2nc(-c3ccc(OC)cc3OC)cc2C(=O)N(CCN(C)C)Cc2ccccc2)cc1. The predicted octanol–water partition coefficient (Wildman–Crippen LogP) is 4.77. The normalized spacial score (nSPS) is 10.9. The van der Waals surface area contributed by atoms with Crippen molar-refractivity contribution in [1.82, 2.24) is 19.6 Å². The summed E-state index contributed by atoms with van der Waals surface area (Å²) in [6.07, 6.45) is 0. The third kappa shape index (κ3) is 6.15. The fourth-order valence-electron chi connectivity index (χ4n) is 4.13. The Kier molecular flexibility index (Phi) is 8.66. The van der Waals surface area contributed by atoms with Crippen molar-refractivity contribution < 1.29 is 19.0 Å². The Morgan fingerprint density at radius 1 is 0.816 bits per heavy atom. The number of likely N-dealkylation sites (N-methyl/N-ethyl adjacent to an activating group) is 1. The van der Waals surface area contributed by atoms with Gasteiger partial charge >= 0.3 is 0 Å². The highest BCUT2D eigenvalue weighted by molar-refractivity contribution is 5.94. The van der Waals surface area contributed by atoms with Crippen molar-refractivity contribution in [2.24, 2.45) is 0 Å². The molecule has 0 bridgehead atoms. The van der Waals surface area contributed by atoms with Crippen molar-refractivity contribution in [3.63, 3.8) is 0 Å².